The summed E-state index contributed by atoms with van der Waals surface area (Å²) in [5.74, 6) is 2.50. The number of nitrogens with one attached hydrogen (secondary N) is 1. The Balaban J connectivity index is 1.53. The quantitative estimate of drug-likeness (QED) is 0.280. The number of carbonyl (C=O) groups is 1. The van der Waals surface area contributed by atoms with Crippen molar-refractivity contribution in [1.82, 2.24) is 0 Å². The summed E-state index contributed by atoms with van der Waals surface area (Å²) in [7, 11) is 0. The predicted octanol–water partition coefficient (Wildman–Crippen LogP) is 7.33. The lowest BCUT2D eigenvalue weighted by Gasteiger charge is -2.15. The summed E-state index contributed by atoms with van der Waals surface area (Å²) >= 11 is 0. The van der Waals surface area contributed by atoms with Crippen LogP contribution in [0.5, 0.6) is 23.0 Å². The highest BCUT2D eigenvalue weighted by Gasteiger charge is 2.14. The van der Waals surface area contributed by atoms with Gasteiger partial charge in [0.15, 0.2) is 5.75 Å². The highest BCUT2D eigenvalue weighted by Crippen LogP contribution is 2.30. The fourth-order valence-electron chi connectivity index (χ4n) is 3.78. The average Bonchev–Trinajstić information content (AvgIpc) is 2.85. The predicted molar refractivity (Wildman–Crippen MR) is 139 cm³/mol. The molecule has 5 nitrogen and oxygen atoms in total. The molecular weight excluding hydrogens is 438 g/mol. The molecule has 0 fully saturated rings. The number of para-hydroxylation sites is 3. The zero-order chi connectivity index (χ0) is 24.6. The first kappa shape index (κ1) is 23.9. The minimum absolute atomic E-state index is 0.246. The van der Waals surface area contributed by atoms with Gasteiger partial charge in [-0.05, 0) is 86.5 Å². The van der Waals surface area contributed by atoms with E-state index >= 15 is 0 Å². The first-order valence-corrected chi connectivity index (χ1v) is 11.6. The van der Waals surface area contributed by atoms with E-state index in [-0.39, 0.29) is 12.5 Å². The molecule has 35 heavy (non-hydrogen) atoms. The molecule has 0 saturated heterocycles. The van der Waals surface area contributed by atoms with Gasteiger partial charge in [0.05, 0.1) is 12.3 Å². The number of hydrogen-bond donors (Lipinski definition) is 1. The van der Waals surface area contributed by atoms with E-state index in [0.29, 0.717) is 35.1 Å². The molecular formula is C30H29NO4. The lowest BCUT2D eigenvalue weighted by atomic mass is 10.1. The summed E-state index contributed by atoms with van der Waals surface area (Å²) in [5.41, 5.74) is 4.15. The highest BCUT2D eigenvalue weighted by atomic mass is 16.5. The Kier molecular flexibility index (Phi) is 7.68. The summed E-state index contributed by atoms with van der Waals surface area (Å²) < 4.78 is 17.8. The molecule has 0 radical (unpaired) electrons. The Bertz CT molecular complexity index is 1280. The van der Waals surface area contributed by atoms with E-state index < -0.39 is 0 Å². The fraction of sp³-hybridized carbons (Fsp3) is 0.167. The third-order valence-corrected chi connectivity index (χ3v) is 5.32. The van der Waals surface area contributed by atoms with Gasteiger partial charge in [0.1, 0.15) is 23.9 Å². The monoisotopic (exact) mass is 467 g/mol. The van der Waals surface area contributed by atoms with Gasteiger partial charge in [-0.1, -0.05) is 36.4 Å². The molecule has 0 aliphatic heterocycles. The zero-order valence-corrected chi connectivity index (χ0v) is 20.2. The van der Waals surface area contributed by atoms with Gasteiger partial charge in [-0.3, -0.25) is 4.79 Å². The Morgan fingerprint density at radius 1 is 0.743 bits per heavy atom. The molecule has 0 atom stereocenters. The van der Waals surface area contributed by atoms with E-state index in [1.807, 2.05) is 99.6 Å². The van der Waals surface area contributed by atoms with Gasteiger partial charge >= 0.3 is 0 Å². The number of hydrogen-bond acceptors (Lipinski definition) is 4. The molecule has 4 aromatic rings. The third kappa shape index (κ3) is 6.42. The Labute approximate surface area is 206 Å². The number of carbonyl (C=O) groups excluding carboxylic acids is 1. The van der Waals surface area contributed by atoms with E-state index in [2.05, 4.69) is 11.4 Å². The Hall–Kier alpha value is -4.25. The van der Waals surface area contributed by atoms with Crippen molar-refractivity contribution < 1.29 is 19.0 Å². The molecule has 0 saturated carbocycles. The first-order valence-electron chi connectivity index (χ1n) is 11.6. The molecule has 0 bridgehead atoms. The number of ether oxygens (including phenoxy) is 3. The molecule has 5 heteroatoms. The van der Waals surface area contributed by atoms with Crippen molar-refractivity contribution in [2.75, 3.05) is 11.9 Å². The summed E-state index contributed by atoms with van der Waals surface area (Å²) in [6, 6.07) is 28.3. The van der Waals surface area contributed by atoms with Crippen LogP contribution in [0.4, 0.5) is 5.69 Å². The van der Waals surface area contributed by atoms with E-state index in [4.69, 9.17) is 14.2 Å². The molecule has 178 valence electrons. The normalized spacial score (nSPS) is 10.5. The smallest absolute Gasteiger partial charge is 0.255 e. The van der Waals surface area contributed by atoms with Crippen LogP contribution < -0.4 is 19.5 Å². The molecule has 4 aromatic carbocycles. The third-order valence-electron chi connectivity index (χ3n) is 5.32. The number of amides is 1. The maximum atomic E-state index is 13.2. The first-order chi connectivity index (χ1) is 17.0. The van der Waals surface area contributed by atoms with Gasteiger partial charge in [0.25, 0.3) is 5.91 Å². The van der Waals surface area contributed by atoms with E-state index in [1.165, 1.54) is 0 Å². The maximum Gasteiger partial charge on any atom is 0.255 e. The van der Waals surface area contributed by atoms with Crippen molar-refractivity contribution in [2.24, 2.45) is 0 Å². The molecule has 0 aliphatic rings. The van der Waals surface area contributed by atoms with Crippen LogP contribution in [0.25, 0.3) is 0 Å². The van der Waals surface area contributed by atoms with Crippen LogP contribution in [0.3, 0.4) is 0 Å². The highest BCUT2D eigenvalue weighted by molar-refractivity contribution is 6.05. The van der Waals surface area contributed by atoms with Gasteiger partial charge < -0.3 is 19.5 Å². The van der Waals surface area contributed by atoms with Crippen LogP contribution >= 0.6 is 0 Å². The molecule has 0 heterocycles. The van der Waals surface area contributed by atoms with Crippen molar-refractivity contribution in [1.29, 1.82) is 0 Å². The molecule has 0 aliphatic carbocycles. The van der Waals surface area contributed by atoms with Gasteiger partial charge in [-0.2, -0.15) is 0 Å². The Morgan fingerprint density at radius 3 is 2.20 bits per heavy atom. The van der Waals surface area contributed by atoms with Crippen LogP contribution in [-0.4, -0.2) is 12.5 Å². The fourth-order valence-corrected chi connectivity index (χ4v) is 3.78. The van der Waals surface area contributed by atoms with Gasteiger partial charge in [-0.25, -0.2) is 0 Å². The van der Waals surface area contributed by atoms with Crippen molar-refractivity contribution >= 4 is 11.6 Å². The largest absolute Gasteiger partial charge is 0.493 e. The van der Waals surface area contributed by atoms with E-state index in [1.54, 1.807) is 6.07 Å². The van der Waals surface area contributed by atoms with Crippen LogP contribution in [0.15, 0.2) is 91.0 Å². The number of aryl methyl sites for hydroxylation is 2. The summed E-state index contributed by atoms with van der Waals surface area (Å²) in [6.45, 7) is 6.81. The SMILES string of the molecule is CCOc1ccc(C(=O)Nc2ccccc2Oc2ccccc2)cc1COc1cc(C)cc(C)c1. The Morgan fingerprint density at radius 2 is 1.46 bits per heavy atom. The molecule has 0 unspecified atom stereocenters. The van der Waals surface area contributed by atoms with Crippen molar-refractivity contribution in [3.05, 3.63) is 113 Å². The zero-order valence-electron chi connectivity index (χ0n) is 20.2. The van der Waals surface area contributed by atoms with E-state index in [0.717, 1.165) is 22.4 Å². The lowest BCUT2D eigenvalue weighted by Crippen LogP contribution is -2.13. The van der Waals surface area contributed by atoms with Gasteiger partial charge in [-0.15, -0.1) is 0 Å². The minimum atomic E-state index is -0.246. The molecule has 0 aromatic heterocycles. The van der Waals surface area contributed by atoms with Crippen LogP contribution in [0.1, 0.15) is 34.0 Å². The second kappa shape index (κ2) is 11.3. The van der Waals surface area contributed by atoms with Crippen LogP contribution in [-0.2, 0) is 6.61 Å². The summed E-state index contributed by atoms with van der Waals surface area (Å²) in [6.07, 6.45) is 0. The maximum absolute atomic E-state index is 13.2. The topological polar surface area (TPSA) is 56.8 Å². The van der Waals surface area contributed by atoms with E-state index in [9.17, 15) is 4.79 Å². The lowest BCUT2D eigenvalue weighted by molar-refractivity contribution is 0.102. The number of rotatable bonds is 9. The van der Waals surface area contributed by atoms with Crippen molar-refractivity contribution in [3.63, 3.8) is 0 Å². The number of anilines is 1. The van der Waals surface area contributed by atoms with Crippen molar-refractivity contribution in [2.45, 2.75) is 27.4 Å². The standard InChI is InChI=1S/C30H29NO4/c1-4-33-28-15-14-23(19-24(28)20-34-26-17-21(2)16-22(3)18-26)30(32)31-27-12-8-9-13-29(27)35-25-10-6-5-7-11-25/h5-19H,4,20H2,1-3H3,(H,31,32). The molecule has 1 N–H and O–H groups in total. The van der Waals surface area contributed by atoms with Gasteiger partial charge in [0.2, 0.25) is 0 Å². The second-order valence-corrected chi connectivity index (χ2v) is 8.23. The molecule has 1 amide bonds. The number of benzene rings is 4. The molecule has 0 spiro atoms. The summed E-state index contributed by atoms with van der Waals surface area (Å²) in [5, 5.41) is 2.97. The average molecular weight is 468 g/mol. The van der Waals surface area contributed by atoms with Crippen LogP contribution in [0, 0.1) is 13.8 Å². The minimum Gasteiger partial charge on any atom is -0.493 e. The summed E-state index contributed by atoms with van der Waals surface area (Å²) in [4.78, 5) is 13.2. The van der Waals surface area contributed by atoms with Gasteiger partial charge in [0, 0.05) is 11.1 Å². The second-order valence-electron chi connectivity index (χ2n) is 8.23. The molecule has 4 rings (SSSR count). The van der Waals surface area contributed by atoms with Crippen LogP contribution in [0.2, 0.25) is 0 Å². The van der Waals surface area contributed by atoms with Crippen molar-refractivity contribution in [3.8, 4) is 23.0 Å².